The Hall–Kier alpha value is -2.98. The van der Waals surface area contributed by atoms with Gasteiger partial charge in [0.15, 0.2) is 11.5 Å². The van der Waals surface area contributed by atoms with Crippen LogP contribution in [0.5, 0.6) is 5.75 Å². The van der Waals surface area contributed by atoms with Gasteiger partial charge in [-0.15, -0.1) is 15.3 Å². The number of nitrogens with one attached hydrogen (secondary N) is 1. The van der Waals surface area contributed by atoms with Crippen molar-refractivity contribution in [1.82, 2.24) is 19.8 Å². The number of ether oxygens (including phenoxy) is 1. The highest BCUT2D eigenvalue weighted by atomic mass is 19.4. The van der Waals surface area contributed by atoms with E-state index in [2.05, 4.69) is 25.3 Å². The fourth-order valence-corrected chi connectivity index (χ4v) is 2.14. The molecule has 0 aliphatic heterocycles. The van der Waals surface area contributed by atoms with Crippen LogP contribution in [0.3, 0.4) is 0 Å². The zero-order valence-corrected chi connectivity index (χ0v) is 12.6. The van der Waals surface area contributed by atoms with Gasteiger partial charge in [-0.1, -0.05) is 0 Å². The van der Waals surface area contributed by atoms with Crippen LogP contribution in [-0.2, 0) is 6.18 Å². The first-order chi connectivity index (χ1) is 11.7. The molecule has 0 aliphatic carbocycles. The second kappa shape index (κ2) is 6.15. The number of aromatic nitrogens is 4. The largest absolute Gasteiger partial charge is 0.453 e. The number of halogens is 5. The molecule has 0 saturated carbocycles. The van der Waals surface area contributed by atoms with E-state index < -0.39 is 18.6 Å². The third kappa shape index (κ3) is 3.59. The van der Waals surface area contributed by atoms with Crippen LogP contribution < -0.4 is 10.1 Å². The standard InChI is InChI=1S/C14H10F5N5O/c1-7-6-8(2-3-9(7)25-13(15)16)20-10-4-5-11-21-22-12(14(17,18)19)24(11)23-10/h2-6,13H,1H3,(H,20,23). The quantitative estimate of drug-likeness (QED) is 0.718. The van der Waals surface area contributed by atoms with Gasteiger partial charge in [-0.25, -0.2) is 0 Å². The third-order valence-corrected chi connectivity index (χ3v) is 3.18. The summed E-state index contributed by atoms with van der Waals surface area (Å²) in [4.78, 5) is 0. The molecule has 25 heavy (non-hydrogen) atoms. The molecule has 0 atom stereocenters. The smallest absolute Gasteiger partial charge is 0.435 e. The lowest BCUT2D eigenvalue weighted by molar-refractivity contribution is -0.146. The number of anilines is 2. The van der Waals surface area contributed by atoms with Gasteiger partial charge in [0.2, 0.25) is 0 Å². The van der Waals surface area contributed by atoms with E-state index in [4.69, 9.17) is 0 Å². The van der Waals surface area contributed by atoms with Crippen molar-refractivity contribution in [2.24, 2.45) is 0 Å². The highest BCUT2D eigenvalue weighted by Crippen LogP contribution is 2.28. The first-order valence-electron chi connectivity index (χ1n) is 6.86. The van der Waals surface area contributed by atoms with Crippen LogP contribution in [0.1, 0.15) is 11.4 Å². The average Bonchev–Trinajstić information content (AvgIpc) is 2.93. The Morgan fingerprint density at radius 2 is 1.88 bits per heavy atom. The maximum absolute atomic E-state index is 12.9. The second-order valence-electron chi connectivity index (χ2n) is 4.99. The summed E-state index contributed by atoms with van der Waals surface area (Å²) in [6, 6.07) is 7.00. The normalized spacial score (nSPS) is 12.0. The molecule has 132 valence electrons. The monoisotopic (exact) mass is 359 g/mol. The number of nitrogens with zero attached hydrogens (tertiary/aromatic N) is 4. The molecule has 6 nitrogen and oxygen atoms in total. The highest BCUT2D eigenvalue weighted by molar-refractivity contribution is 5.60. The van der Waals surface area contributed by atoms with Gasteiger partial charge in [0.25, 0.3) is 5.82 Å². The molecular formula is C14H10F5N5O. The van der Waals surface area contributed by atoms with Crippen molar-refractivity contribution in [3.05, 3.63) is 41.7 Å². The molecule has 1 N–H and O–H groups in total. The molecule has 0 spiro atoms. The Kier molecular flexibility index (Phi) is 4.15. The van der Waals surface area contributed by atoms with Gasteiger partial charge < -0.3 is 10.1 Å². The molecule has 2 aromatic heterocycles. The fourth-order valence-electron chi connectivity index (χ4n) is 2.14. The van der Waals surface area contributed by atoms with Gasteiger partial charge in [-0.3, -0.25) is 0 Å². The number of rotatable bonds is 4. The van der Waals surface area contributed by atoms with Crippen molar-refractivity contribution in [1.29, 1.82) is 0 Å². The Bertz CT molecular complexity index is 908. The Balaban J connectivity index is 1.89. The van der Waals surface area contributed by atoms with Gasteiger partial charge in [-0.05, 0) is 42.8 Å². The lowest BCUT2D eigenvalue weighted by atomic mass is 10.2. The number of fused-ring (bicyclic) bond motifs is 1. The molecule has 3 aromatic rings. The minimum absolute atomic E-state index is 0.00197. The predicted molar refractivity (Wildman–Crippen MR) is 76.9 cm³/mol. The molecule has 0 amide bonds. The number of aryl methyl sites for hydroxylation is 1. The van der Waals surface area contributed by atoms with E-state index in [0.29, 0.717) is 15.8 Å². The zero-order valence-electron chi connectivity index (χ0n) is 12.6. The summed E-state index contributed by atoms with van der Waals surface area (Å²) in [5.74, 6) is -1.15. The molecule has 2 heterocycles. The van der Waals surface area contributed by atoms with Crippen molar-refractivity contribution >= 4 is 17.2 Å². The Morgan fingerprint density at radius 1 is 1.12 bits per heavy atom. The van der Waals surface area contributed by atoms with Gasteiger partial charge in [0, 0.05) is 5.69 Å². The van der Waals surface area contributed by atoms with Gasteiger partial charge in [0.1, 0.15) is 5.75 Å². The molecule has 3 rings (SSSR count). The molecular weight excluding hydrogens is 349 g/mol. The minimum atomic E-state index is -4.70. The van der Waals surface area contributed by atoms with Crippen LogP contribution in [0, 0.1) is 6.92 Å². The molecule has 0 saturated heterocycles. The summed E-state index contributed by atoms with van der Waals surface area (Å²) in [7, 11) is 0. The number of hydrogen-bond acceptors (Lipinski definition) is 5. The average molecular weight is 359 g/mol. The number of hydrogen-bond donors (Lipinski definition) is 1. The van der Waals surface area contributed by atoms with Gasteiger partial charge >= 0.3 is 12.8 Å². The summed E-state index contributed by atoms with van der Waals surface area (Å²) in [6.45, 7) is -1.39. The highest BCUT2D eigenvalue weighted by Gasteiger charge is 2.37. The van der Waals surface area contributed by atoms with E-state index in [1.807, 2.05) is 0 Å². The zero-order chi connectivity index (χ0) is 18.2. The third-order valence-electron chi connectivity index (χ3n) is 3.18. The van der Waals surface area contributed by atoms with E-state index in [9.17, 15) is 22.0 Å². The topological polar surface area (TPSA) is 64.3 Å². The minimum Gasteiger partial charge on any atom is -0.435 e. The molecule has 0 bridgehead atoms. The summed E-state index contributed by atoms with van der Waals surface area (Å²) < 4.78 is 67.9. The molecule has 0 unspecified atom stereocenters. The van der Waals surface area contributed by atoms with Crippen LogP contribution in [0.15, 0.2) is 30.3 Å². The van der Waals surface area contributed by atoms with Crippen LogP contribution in [0.4, 0.5) is 33.5 Å². The van der Waals surface area contributed by atoms with E-state index >= 15 is 0 Å². The van der Waals surface area contributed by atoms with Crippen LogP contribution in [0.25, 0.3) is 5.65 Å². The summed E-state index contributed by atoms with van der Waals surface area (Å²) in [5, 5.41) is 13.1. The van der Waals surface area contributed by atoms with Crippen molar-refractivity contribution in [3.63, 3.8) is 0 Å². The molecule has 0 fully saturated rings. The van der Waals surface area contributed by atoms with E-state index in [1.165, 1.54) is 30.3 Å². The first-order valence-corrected chi connectivity index (χ1v) is 6.86. The summed E-state index contributed by atoms with van der Waals surface area (Å²) in [5.41, 5.74) is 0.800. The van der Waals surface area contributed by atoms with E-state index in [-0.39, 0.29) is 17.2 Å². The SMILES string of the molecule is Cc1cc(Nc2ccc3nnc(C(F)(F)F)n3n2)ccc1OC(F)F. The van der Waals surface area contributed by atoms with Gasteiger partial charge in [-0.2, -0.15) is 26.5 Å². The summed E-state index contributed by atoms with van der Waals surface area (Å²) in [6.07, 6.45) is -4.70. The number of benzene rings is 1. The van der Waals surface area contributed by atoms with Gasteiger partial charge in [0.05, 0.1) is 0 Å². The lowest BCUT2D eigenvalue weighted by Crippen LogP contribution is -2.13. The molecule has 11 heteroatoms. The maximum atomic E-state index is 12.9. The van der Waals surface area contributed by atoms with Crippen molar-refractivity contribution < 1.29 is 26.7 Å². The van der Waals surface area contributed by atoms with Crippen molar-refractivity contribution in [2.75, 3.05) is 5.32 Å². The Morgan fingerprint density at radius 3 is 2.52 bits per heavy atom. The Labute approximate surface area is 137 Å². The van der Waals surface area contributed by atoms with Crippen molar-refractivity contribution in [2.45, 2.75) is 19.7 Å². The predicted octanol–water partition coefficient (Wildman–Crippen LogP) is 3.80. The molecule has 0 radical (unpaired) electrons. The molecule has 1 aromatic carbocycles. The maximum Gasteiger partial charge on any atom is 0.453 e. The lowest BCUT2D eigenvalue weighted by Gasteiger charge is -2.11. The first kappa shape index (κ1) is 16.9. The van der Waals surface area contributed by atoms with E-state index in [1.54, 1.807) is 6.92 Å². The van der Waals surface area contributed by atoms with Crippen LogP contribution in [0.2, 0.25) is 0 Å². The van der Waals surface area contributed by atoms with Crippen LogP contribution >= 0.6 is 0 Å². The fraction of sp³-hybridized carbons (Fsp3) is 0.214. The van der Waals surface area contributed by atoms with Crippen LogP contribution in [-0.4, -0.2) is 26.4 Å². The van der Waals surface area contributed by atoms with E-state index in [0.717, 1.165) is 0 Å². The molecule has 0 aliphatic rings. The summed E-state index contributed by atoms with van der Waals surface area (Å²) >= 11 is 0. The number of alkyl halides is 5. The second-order valence-corrected chi connectivity index (χ2v) is 4.99. The van der Waals surface area contributed by atoms with Crippen molar-refractivity contribution in [3.8, 4) is 5.75 Å².